The summed E-state index contributed by atoms with van der Waals surface area (Å²) in [4.78, 5) is 12.7. The highest BCUT2D eigenvalue weighted by Crippen LogP contribution is 2.28. The Morgan fingerprint density at radius 2 is 2.08 bits per heavy atom. The van der Waals surface area contributed by atoms with Crippen LogP contribution in [0.5, 0.6) is 0 Å². The van der Waals surface area contributed by atoms with Crippen LogP contribution in [0.4, 0.5) is 5.69 Å². The quantitative estimate of drug-likeness (QED) is 0.618. The molecule has 0 radical (unpaired) electrons. The van der Waals surface area contributed by atoms with Crippen LogP contribution in [-0.2, 0) is 0 Å². The van der Waals surface area contributed by atoms with Gasteiger partial charge in [-0.25, -0.2) is 0 Å². The summed E-state index contributed by atoms with van der Waals surface area (Å²) < 4.78 is 0.806. The lowest BCUT2D eigenvalue weighted by Crippen LogP contribution is -2.12. The summed E-state index contributed by atoms with van der Waals surface area (Å²) in [7, 11) is 3.79. The third-order valence-corrected chi connectivity index (χ3v) is 3.51. The van der Waals surface area contributed by atoms with Crippen molar-refractivity contribution in [1.82, 2.24) is 0 Å². The third-order valence-electron chi connectivity index (χ3n) is 1.71. The van der Waals surface area contributed by atoms with E-state index in [1.807, 2.05) is 25.1 Å². The van der Waals surface area contributed by atoms with E-state index in [1.165, 1.54) is 0 Å². The van der Waals surface area contributed by atoms with E-state index >= 15 is 0 Å². The molecule has 4 heteroatoms. The number of anilines is 1. The van der Waals surface area contributed by atoms with Gasteiger partial charge in [0.1, 0.15) is 0 Å². The Morgan fingerprint density at radius 3 is 2.54 bits per heavy atom. The fraction of sp³-hybridized carbons (Fsp3) is 0.222. The van der Waals surface area contributed by atoms with Crippen molar-refractivity contribution in [3.8, 4) is 0 Å². The number of carbonyl (C=O) groups is 1. The number of aldehydes is 1. The minimum atomic E-state index is 0.619. The molecular weight excluding hydrogens is 300 g/mol. The van der Waals surface area contributed by atoms with E-state index in [-0.39, 0.29) is 0 Å². The highest BCUT2D eigenvalue weighted by atomic mass is 127. The smallest absolute Gasteiger partial charge is 0.153 e. The number of benzene rings is 1. The van der Waals surface area contributed by atoms with E-state index in [0.29, 0.717) is 10.6 Å². The van der Waals surface area contributed by atoms with Gasteiger partial charge in [0, 0.05) is 23.4 Å². The summed E-state index contributed by atoms with van der Waals surface area (Å²) in [6, 6.07) is 3.64. The van der Waals surface area contributed by atoms with E-state index in [4.69, 9.17) is 11.6 Å². The topological polar surface area (TPSA) is 20.3 Å². The third kappa shape index (κ3) is 2.14. The van der Waals surface area contributed by atoms with Gasteiger partial charge in [0.15, 0.2) is 6.29 Å². The molecule has 0 atom stereocenters. The highest BCUT2D eigenvalue weighted by molar-refractivity contribution is 14.1. The molecule has 0 amide bonds. The summed E-state index contributed by atoms with van der Waals surface area (Å²) in [5.74, 6) is 0. The van der Waals surface area contributed by atoms with E-state index in [0.717, 1.165) is 15.5 Å². The van der Waals surface area contributed by atoms with Gasteiger partial charge in [0.25, 0.3) is 0 Å². The second kappa shape index (κ2) is 4.28. The van der Waals surface area contributed by atoms with Crippen LogP contribution >= 0.6 is 34.2 Å². The molecule has 0 aromatic heterocycles. The molecule has 0 spiro atoms. The molecule has 0 aliphatic carbocycles. The molecule has 13 heavy (non-hydrogen) atoms. The normalized spacial score (nSPS) is 9.85. The van der Waals surface area contributed by atoms with Crippen LogP contribution in [0.3, 0.4) is 0 Å². The summed E-state index contributed by atoms with van der Waals surface area (Å²) in [6.07, 6.45) is 0.836. The van der Waals surface area contributed by atoms with E-state index in [1.54, 1.807) is 6.07 Å². The second-order valence-electron chi connectivity index (χ2n) is 2.81. The Morgan fingerprint density at radius 1 is 1.46 bits per heavy atom. The zero-order valence-electron chi connectivity index (χ0n) is 7.34. The average Bonchev–Trinajstić information content (AvgIpc) is 2.09. The van der Waals surface area contributed by atoms with Crippen LogP contribution in [0.1, 0.15) is 10.4 Å². The molecule has 0 bridgehead atoms. The van der Waals surface area contributed by atoms with Crippen molar-refractivity contribution >= 4 is 46.2 Å². The first kappa shape index (κ1) is 10.8. The Labute approximate surface area is 96.0 Å². The maximum Gasteiger partial charge on any atom is 0.153 e. The Balaban J connectivity index is 3.38. The lowest BCUT2D eigenvalue weighted by Gasteiger charge is -2.16. The Hall–Kier alpha value is -0.290. The van der Waals surface area contributed by atoms with Crippen LogP contribution < -0.4 is 4.90 Å². The first-order valence-corrected chi connectivity index (χ1v) is 5.14. The maximum atomic E-state index is 10.8. The molecule has 0 aliphatic rings. The predicted molar refractivity (Wildman–Crippen MR) is 63.9 cm³/mol. The van der Waals surface area contributed by atoms with Gasteiger partial charge in [0.05, 0.1) is 10.6 Å². The Kier molecular flexibility index (Phi) is 3.55. The molecule has 0 saturated carbocycles. The van der Waals surface area contributed by atoms with Crippen molar-refractivity contribution in [3.05, 3.63) is 26.3 Å². The van der Waals surface area contributed by atoms with Gasteiger partial charge in [-0.3, -0.25) is 4.79 Å². The first-order chi connectivity index (χ1) is 6.07. The Bertz CT molecular complexity index is 339. The SMILES string of the molecule is CN(C)c1ccc(Cl)c(I)c1C=O. The minimum absolute atomic E-state index is 0.619. The van der Waals surface area contributed by atoms with Gasteiger partial charge in [0.2, 0.25) is 0 Å². The molecule has 1 rings (SSSR count). The van der Waals surface area contributed by atoms with Gasteiger partial charge in [-0.15, -0.1) is 0 Å². The van der Waals surface area contributed by atoms with Crippen LogP contribution in [0, 0.1) is 3.57 Å². The number of hydrogen-bond acceptors (Lipinski definition) is 2. The molecule has 1 aromatic rings. The molecular formula is C9H9ClINO. The molecule has 0 saturated heterocycles. The van der Waals surface area contributed by atoms with E-state index < -0.39 is 0 Å². The van der Waals surface area contributed by atoms with Gasteiger partial charge < -0.3 is 4.90 Å². The van der Waals surface area contributed by atoms with Gasteiger partial charge in [-0.1, -0.05) is 11.6 Å². The highest BCUT2D eigenvalue weighted by Gasteiger charge is 2.10. The van der Waals surface area contributed by atoms with E-state index in [9.17, 15) is 4.79 Å². The van der Waals surface area contributed by atoms with Gasteiger partial charge in [-0.05, 0) is 34.7 Å². The largest absolute Gasteiger partial charge is 0.377 e. The molecule has 0 heterocycles. The number of rotatable bonds is 2. The lowest BCUT2D eigenvalue weighted by molar-refractivity contribution is 0.112. The molecule has 1 aromatic carbocycles. The van der Waals surface area contributed by atoms with Crippen LogP contribution in [0.25, 0.3) is 0 Å². The van der Waals surface area contributed by atoms with Gasteiger partial charge >= 0.3 is 0 Å². The van der Waals surface area contributed by atoms with Crippen molar-refractivity contribution in [1.29, 1.82) is 0 Å². The van der Waals surface area contributed by atoms with Crippen molar-refractivity contribution in [3.63, 3.8) is 0 Å². The summed E-state index contributed by atoms with van der Waals surface area (Å²) in [5.41, 5.74) is 1.54. The number of carbonyl (C=O) groups excluding carboxylic acids is 1. The lowest BCUT2D eigenvalue weighted by atomic mass is 10.2. The van der Waals surface area contributed by atoms with Crippen LogP contribution in [-0.4, -0.2) is 20.4 Å². The van der Waals surface area contributed by atoms with Crippen molar-refractivity contribution in [2.45, 2.75) is 0 Å². The monoisotopic (exact) mass is 309 g/mol. The average molecular weight is 310 g/mol. The fourth-order valence-electron chi connectivity index (χ4n) is 1.06. The number of halogens is 2. The first-order valence-electron chi connectivity index (χ1n) is 3.68. The molecule has 0 unspecified atom stereocenters. The zero-order chi connectivity index (χ0) is 10.0. The van der Waals surface area contributed by atoms with Gasteiger partial charge in [-0.2, -0.15) is 0 Å². The predicted octanol–water partition coefficient (Wildman–Crippen LogP) is 2.82. The van der Waals surface area contributed by atoms with Crippen molar-refractivity contribution in [2.24, 2.45) is 0 Å². The molecule has 0 aliphatic heterocycles. The molecule has 0 fully saturated rings. The second-order valence-corrected chi connectivity index (χ2v) is 4.29. The van der Waals surface area contributed by atoms with Crippen molar-refractivity contribution < 1.29 is 4.79 Å². The maximum absolute atomic E-state index is 10.8. The zero-order valence-corrected chi connectivity index (χ0v) is 10.3. The molecule has 2 nitrogen and oxygen atoms in total. The standard InChI is InChI=1S/C9H9ClINO/c1-12(2)8-4-3-7(10)9(11)6(8)5-13/h3-5H,1-2H3. The number of hydrogen-bond donors (Lipinski definition) is 0. The summed E-state index contributed by atoms with van der Waals surface area (Å²) >= 11 is 7.96. The fourth-order valence-corrected chi connectivity index (χ4v) is 1.81. The van der Waals surface area contributed by atoms with Crippen molar-refractivity contribution in [2.75, 3.05) is 19.0 Å². The number of nitrogens with zero attached hydrogens (tertiary/aromatic N) is 1. The minimum Gasteiger partial charge on any atom is -0.377 e. The van der Waals surface area contributed by atoms with E-state index in [2.05, 4.69) is 22.6 Å². The molecule has 0 N–H and O–H groups in total. The summed E-state index contributed by atoms with van der Waals surface area (Å²) in [5, 5.41) is 0.619. The molecule has 70 valence electrons. The van der Waals surface area contributed by atoms with Crippen LogP contribution in [0.2, 0.25) is 5.02 Å². The summed E-state index contributed by atoms with van der Waals surface area (Å²) in [6.45, 7) is 0. The van der Waals surface area contributed by atoms with Crippen LogP contribution in [0.15, 0.2) is 12.1 Å².